The van der Waals surface area contributed by atoms with Crippen LogP contribution in [-0.4, -0.2) is 54.1 Å². The summed E-state index contributed by atoms with van der Waals surface area (Å²) in [6, 6.07) is 7.79. The number of hydrogen-bond donors (Lipinski definition) is 1. The van der Waals surface area contributed by atoms with Gasteiger partial charge in [0.15, 0.2) is 5.75 Å². The van der Waals surface area contributed by atoms with E-state index in [1.807, 2.05) is 6.07 Å². The van der Waals surface area contributed by atoms with Gasteiger partial charge < -0.3 is 25.0 Å². The highest BCUT2D eigenvalue weighted by Crippen LogP contribution is 2.37. The first-order chi connectivity index (χ1) is 16.4. The summed E-state index contributed by atoms with van der Waals surface area (Å²) in [5.74, 6) is 1.33. The molecule has 2 aromatic rings. The van der Waals surface area contributed by atoms with Crippen molar-refractivity contribution >= 4 is 11.4 Å². The molecule has 2 heterocycles. The number of benzene rings is 2. The van der Waals surface area contributed by atoms with E-state index < -0.39 is 0 Å². The quantitative estimate of drug-likeness (QED) is 0.379. The van der Waals surface area contributed by atoms with Crippen LogP contribution in [0, 0.1) is 10.1 Å². The molecule has 190 valence electrons. The van der Waals surface area contributed by atoms with Gasteiger partial charge >= 0.3 is 5.69 Å². The highest BCUT2D eigenvalue weighted by Gasteiger charge is 2.29. The fourth-order valence-corrected chi connectivity index (χ4v) is 4.53. The molecule has 2 fully saturated rings. The van der Waals surface area contributed by atoms with Crippen molar-refractivity contribution in [1.82, 2.24) is 9.80 Å². The van der Waals surface area contributed by atoms with Gasteiger partial charge in [-0.15, -0.1) is 0 Å². The van der Waals surface area contributed by atoms with Crippen molar-refractivity contribution in [3.05, 3.63) is 56.6 Å². The predicted molar refractivity (Wildman–Crippen MR) is 138 cm³/mol. The van der Waals surface area contributed by atoms with E-state index in [9.17, 15) is 10.1 Å². The SMILES string of the molecule is C.CN1CCc2cc(N)c(OC3CC3)cc2C1.CN1CCc2cc([N+](=O)[O-])c(OC3CC3)cc2C1. The highest BCUT2D eigenvalue weighted by atomic mass is 16.6. The van der Waals surface area contributed by atoms with Gasteiger partial charge in [-0.3, -0.25) is 10.1 Å². The summed E-state index contributed by atoms with van der Waals surface area (Å²) in [5.41, 5.74) is 11.9. The summed E-state index contributed by atoms with van der Waals surface area (Å²) < 4.78 is 11.5. The molecule has 4 aliphatic rings. The first-order valence-electron chi connectivity index (χ1n) is 12.3. The average molecular weight is 483 g/mol. The number of nitro groups is 1. The summed E-state index contributed by atoms with van der Waals surface area (Å²) in [4.78, 5) is 15.3. The minimum Gasteiger partial charge on any atom is -0.488 e. The molecule has 0 saturated heterocycles. The zero-order valence-corrected chi connectivity index (χ0v) is 20.1. The van der Waals surface area contributed by atoms with Crippen LogP contribution >= 0.6 is 0 Å². The van der Waals surface area contributed by atoms with Gasteiger partial charge in [0.05, 0.1) is 22.8 Å². The van der Waals surface area contributed by atoms with Crippen LogP contribution in [0.2, 0.25) is 0 Å². The predicted octanol–water partition coefficient (Wildman–Crippen LogP) is 4.56. The largest absolute Gasteiger partial charge is 0.488 e. The maximum Gasteiger partial charge on any atom is 0.311 e. The number of nitrogen functional groups attached to an aromatic ring is 1. The fraction of sp³-hybridized carbons (Fsp3) is 0.556. The molecule has 2 aliphatic carbocycles. The highest BCUT2D eigenvalue weighted by molar-refractivity contribution is 5.57. The lowest BCUT2D eigenvalue weighted by molar-refractivity contribution is -0.386. The Kier molecular flexibility index (Phi) is 7.52. The summed E-state index contributed by atoms with van der Waals surface area (Å²) in [6.45, 7) is 3.92. The van der Waals surface area contributed by atoms with Gasteiger partial charge in [0.2, 0.25) is 0 Å². The molecule has 8 heteroatoms. The lowest BCUT2D eigenvalue weighted by atomic mass is 9.99. The van der Waals surface area contributed by atoms with Crippen molar-refractivity contribution in [2.75, 3.05) is 32.9 Å². The van der Waals surface area contributed by atoms with Crippen LogP contribution in [0.5, 0.6) is 11.5 Å². The van der Waals surface area contributed by atoms with Gasteiger partial charge in [-0.2, -0.15) is 0 Å². The van der Waals surface area contributed by atoms with Gasteiger partial charge in [-0.25, -0.2) is 0 Å². The molecule has 0 unspecified atom stereocenters. The number of anilines is 1. The van der Waals surface area contributed by atoms with Gasteiger partial charge in [-0.05, 0) is 93.1 Å². The maximum absolute atomic E-state index is 11.1. The number of hydrogen-bond acceptors (Lipinski definition) is 7. The van der Waals surface area contributed by atoms with E-state index in [0.717, 1.165) is 74.4 Å². The summed E-state index contributed by atoms with van der Waals surface area (Å²) in [6.07, 6.45) is 6.94. The smallest absolute Gasteiger partial charge is 0.311 e. The van der Waals surface area contributed by atoms with Crippen molar-refractivity contribution in [3.8, 4) is 11.5 Å². The summed E-state index contributed by atoms with van der Waals surface area (Å²) in [5, 5.41) is 11.1. The standard InChI is InChI=1S/C13H16N2O3.C13H18N2O.CH4/c1-14-5-4-9-6-12(15(16)17)13(7-10(9)8-14)18-11-2-3-11;1-15-5-4-9-6-12(14)13(7-10(9)8-15)16-11-2-3-11;/h6-7,11H,2-5,8H2,1H3;6-7,11H,2-5,8,14H2,1H3;1H4. The molecule has 0 spiro atoms. The Bertz CT molecular complexity index is 1080. The molecule has 0 radical (unpaired) electrons. The molecule has 2 saturated carbocycles. The van der Waals surface area contributed by atoms with Gasteiger partial charge in [-0.1, -0.05) is 7.43 Å². The van der Waals surface area contributed by atoms with E-state index in [4.69, 9.17) is 15.2 Å². The number of nitro benzene ring substituents is 1. The average Bonchev–Trinajstić information content (AvgIpc) is 3.71. The van der Waals surface area contributed by atoms with Gasteiger partial charge in [0.25, 0.3) is 0 Å². The molecule has 2 aromatic carbocycles. The van der Waals surface area contributed by atoms with Crippen LogP contribution < -0.4 is 15.2 Å². The monoisotopic (exact) mass is 482 g/mol. The molecule has 0 bridgehead atoms. The number of rotatable bonds is 5. The molecule has 0 aromatic heterocycles. The first kappa shape index (κ1) is 25.3. The topological polar surface area (TPSA) is 94.1 Å². The van der Waals surface area contributed by atoms with Crippen molar-refractivity contribution in [3.63, 3.8) is 0 Å². The van der Waals surface area contributed by atoms with Gasteiger partial charge in [0.1, 0.15) is 5.75 Å². The summed E-state index contributed by atoms with van der Waals surface area (Å²) in [7, 11) is 4.21. The molecule has 35 heavy (non-hydrogen) atoms. The summed E-state index contributed by atoms with van der Waals surface area (Å²) >= 11 is 0. The number of ether oxygens (including phenoxy) is 2. The van der Waals surface area contributed by atoms with Crippen LogP contribution in [0.25, 0.3) is 0 Å². The maximum atomic E-state index is 11.1. The molecule has 0 amide bonds. The van der Waals surface area contributed by atoms with E-state index in [-0.39, 0.29) is 24.1 Å². The Morgan fingerprint density at radius 3 is 1.83 bits per heavy atom. The minimum atomic E-state index is -0.337. The Morgan fingerprint density at radius 1 is 0.829 bits per heavy atom. The van der Waals surface area contributed by atoms with Crippen molar-refractivity contribution < 1.29 is 14.4 Å². The lowest BCUT2D eigenvalue weighted by Crippen LogP contribution is -2.26. The molecule has 8 nitrogen and oxygen atoms in total. The third kappa shape index (κ3) is 6.24. The van der Waals surface area contributed by atoms with Crippen LogP contribution in [0.15, 0.2) is 24.3 Å². The van der Waals surface area contributed by atoms with E-state index in [1.54, 1.807) is 6.07 Å². The van der Waals surface area contributed by atoms with Crippen molar-refractivity contribution in [2.24, 2.45) is 0 Å². The Balaban J connectivity index is 0.000000161. The van der Waals surface area contributed by atoms with E-state index in [0.29, 0.717) is 11.9 Å². The molecular formula is C27H38N4O4. The van der Waals surface area contributed by atoms with Crippen LogP contribution in [-0.2, 0) is 25.9 Å². The molecule has 0 atom stereocenters. The molecule has 2 aliphatic heterocycles. The van der Waals surface area contributed by atoms with Gasteiger partial charge in [0, 0.05) is 32.2 Å². The Morgan fingerprint density at radius 2 is 1.31 bits per heavy atom. The minimum absolute atomic E-state index is 0. The third-order valence-electron chi connectivity index (χ3n) is 6.85. The fourth-order valence-electron chi connectivity index (χ4n) is 4.53. The van der Waals surface area contributed by atoms with Crippen molar-refractivity contribution in [2.45, 2.75) is 71.2 Å². The molecular weight excluding hydrogens is 444 g/mol. The third-order valence-corrected chi connectivity index (χ3v) is 6.85. The zero-order chi connectivity index (χ0) is 23.8. The Labute approximate surface area is 208 Å². The number of fused-ring (bicyclic) bond motifs is 2. The van der Waals surface area contributed by atoms with Crippen LogP contribution in [0.3, 0.4) is 0 Å². The number of nitrogens with two attached hydrogens (primary N) is 1. The van der Waals surface area contributed by atoms with Crippen LogP contribution in [0.4, 0.5) is 11.4 Å². The Hall–Kier alpha value is -2.84. The lowest BCUT2D eigenvalue weighted by Gasteiger charge is -2.26. The zero-order valence-electron chi connectivity index (χ0n) is 20.1. The number of likely N-dealkylation sites (N-methyl/N-ethyl adjacent to an activating group) is 2. The molecule has 2 N–H and O–H groups in total. The van der Waals surface area contributed by atoms with Crippen molar-refractivity contribution in [1.29, 1.82) is 0 Å². The normalized spacial score (nSPS) is 19.4. The number of nitrogens with zero attached hydrogens (tertiary/aromatic N) is 3. The van der Waals surface area contributed by atoms with E-state index >= 15 is 0 Å². The van der Waals surface area contributed by atoms with E-state index in [2.05, 4.69) is 36.0 Å². The second kappa shape index (κ2) is 10.4. The van der Waals surface area contributed by atoms with E-state index in [1.165, 1.54) is 24.0 Å². The first-order valence-corrected chi connectivity index (χ1v) is 12.3. The van der Waals surface area contributed by atoms with Crippen LogP contribution in [0.1, 0.15) is 55.4 Å². The molecule has 6 rings (SSSR count). The second-order valence-corrected chi connectivity index (χ2v) is 10.1. The second-order valence-electron chi connectivity index (χ2n) is 10.1.